The quantitative estimate of drug-likeness (QED) is 0.773. The van der Waals surface area contributed by atoms with Gasteiger partial charge in [-0.05, 0) is 37.1 Å². The summed E-state index contributed by atoms with van der Waals surface area (Å²) in [5, 5.41) is 0. The molecule has 20 heavy (non-hydrogen) atoms. The highest BCUT2D eigenvalue weighted by molar-refractivity contribution is 5.64. The molecule has 0 unspecified atom stereocenters. The van der Waals surface area contributed by atoms with Gasteiger partial charge in [0, 0.05) is 24.0 Å². The third-order valence-electron chi connectivity index (χ3n) is 3.26. The van der Waals surface area contributed by atoms with Crippen LogP contribution < -0.4 is 9.64 Å². The number of nitrogens with zero attached hydrogens (tertiary/aromatic N) is 1. The number of benzene rings is 2. The molecule has 0 fully saturated rings. The molecule has 0 saturated carbocycles. The number of hydrogen-bond donors (Lipinski definition) is 0. The molecule has 0 amide bonds. The zero-order valence-electron chi connectivity index (χ0n) is 12.8. The molecule has 0 aliphatic carbocycles. The molecule has 106 valence electrons. The summed E-state index contributed by atoms with van der Waals surface area (Å²) in [6, 6.07) is 16.9. The van der Waals surface area contributed by atoms with Gasteiger partial charge in [-0.2, -0.15) is 0 Å². The lowest BCUT2D eigenvalue weighted by Crippen LogP contribution is -2.22. The zero-order valence-corrected chi connectivity index (χ0v) is 12.8. The first-order valence-electron chi connectivity index (χ1n) is 7.08. The molecule has 0 saturated heterocycles. The summed E-state index contributed by atoms with van der Waals surface area (Å²) in [6.07, 6.45) is 0. The van der Waals surface area contributed by atoms with E-state index in [1.807, 2.05) is 12.1 Å². The molecular weight excluding hydrogens is 246 g/mol. The van der Waals surface area contributed by atoms with Crippen LogP contribution in [0.5, 0.6) is 5.75 Å². The van der Waals surface area contributed by atoms with Crippen molar-refractivity contribution in [2.45, 2.75) is 20.8 Å². The molecule has 2 aromatic rings. The van der Waals surface area contributed by atoms with Crippen LogP contribution in [0.25, 0.3) is 0 Å². The molecule has 0 bridgehead atoms. The summed E-state index contributed by atoms with van der Waals surface area (Å²) < 4.78 is 5.34. The van der Waals surface area contributed by atoms with Gasteiger partial charge in [0.2, 0.25) is 0 Å². The molecule has 2 nitrogen and oxygen atoms in total. The lowest BCUT2D eigenvalue weighted by Gasteiger charge is -2.27. The maximum Gasteiger partial charge on any atom is 0.120 e. The summed E-state index contributed by atoms with van der Waals surface area (Å²) in [6.45, 7) is 7.57. The maximum absolute atomic E-state index is 5.34. The fraction of sp³-hybridized carbons (Fsp3) is 0.333. The maximum atomic E-state index is 5.34. The minimum atomic E-state index is 0.586. The van der Waals surface area contributed by atoms with Crippen molar-refractivity contribution in [2.24, 2.45) is 5.92 Å². The molecule has 0 spiro atoms. The van der Waals surface area contributed by atoms with E-state index in [1.165, 1.54) is 16.9 Å². The largest absolute Gasteiger partial charge is 0.497 e. The fourth-order valence-corrected chi connectivity index (χ4v) is 2.23. The Balaban J connectivity index is 2.38. The summed E-state index contributed by atoms with van der Waals surface area (Å²) in [4.78, 5) is 2.34. The van der Waals surface area contributed by atoms with E-state index in [9.17, 15) is 0 Å². The monoisotopic (exact) mass is 269 g/mol. The van der Waals surface area contributed by atoms with Crippen LogP contribution >= 0.6 is 0 Å². The second kappa shape index (κ2) is 6.47. The Morgan fingerprint density at radius 1 is 1.00 bits per heavy atom. The van der Waals surface area contributed by atoms with E-state index in [1.54, 1.807) is 7.11 Å². The van der Waals surface area contributed by atoms with Crippen molar-refractivity contribution in [2.75, 3.05) is 18.6 Å². The number of hydrogen-bond acceptors (Lipinski definition) is 2. The van der Waals surface area contributed by atoms with E-state index < -0.39 is 0 Å². The topological polar surface area (TPSA) is 12.5 Å². The van der Waals surface area contributed by atoms with Crippen LogP contribution in [-0.4, -0.2) is 13.7 Å². The van der Waals surface area contributed by atoms with E-state index in [0.29, 0.717) is 5.92 Å². The molecule has 0 heterocycles. The van der Waals surface area contributed by atoms with Crippen molar-refractivity contribution < 1.29 is 4.74 Å². The van der Waals surface area contributed by atoms with Crippen LogP contribution in [0, 0.1) is 12.8 Å². The third kappa shape index (κ3) is 3.53. The molecule has 0 aliphatic heterocycles. The molecule has 2 heteroatoms. The van der Waals surface area contributed by atoms with E-state index in [-0.39, 0.29) is 0 Å². The Kier molecular flexibility index (Phi) is 4.67. The number of methoxy groups -OCH3 is 1. The van der Waals surface area contributed by atoms with Gasteiger partial charge >= 0.3 is 0 Å². The molecule has 2 rings (SSSR count). The van der Waals surface area contributed by atoms with E-state index in [4.69, 9.17) is 4.74 Å². The van der Waals surface area contributed by atoms with Gasteiger partial charge in [0.15, 0.2) is 0 Å². The first-order valence-corrected chi connectivity index (χ1v) is 7.08. The lowest BCUT2D eigenvalue weighted by atomic mass is 10.1. The van der Waals surface area contributed by atoms with Gasteiger partial charge in [0.1, 0.15) is 5.75 Å². The fourth-order valence-electron chi connectivity index (χ4n) is 2.23. The van der Waals surface area contributed by atoms with Gasteiger partial charge in [-0.25, -0.2) is 0 Å². The van der Waals surface area contributed by atoms with Crippen LogP contribution in [0.4, 0.5) is 11.4 Å². The van der Waals surface area contributed by atoms with Gasteiger partial charge < -0.3 is 9.64 Å². The van der Waals surface area contributed by atoms with E-state index in [0.717, 1.165) is 12.3 Å². The molecule has 0 N–H and O–H groups in total. The highest BCUT2D eigenvalue weighted by Gasteiger charge is 2.11. The average Bonchev–Trinajstić information content (AvgIpc) is 2.46. The molecule has 0 aromatic heterocycles. The van der Waals surface area contributed by atoms with Crippen LogP contribution in [0.2, 0.25) is 0 Å². The van der Waals surface area contributed by atoms with Crippen LogP contribution in [-0.2, 0) is 0 Å². The van der Waals surface area contributed by atoms with Crippen LogP contribution in [0.1, 0.15) is 19.4 Å². The Morgan fingerprint density at radius 3 is 2.30 bits per heavy atom. The van der Waals surface area contributed by atoms with Crippen molar-refractivity contribution in [3.05, 3.63) is 54.1 Å². The summed E-state index contributed by atoms with van der Waals surface area (Å²) >= 11 is 0. The molecule has 2 aromatic carbocycles. The Bertz CT molecular complexity index is 546. The molecule has 0 atom stereocenters. The van der Waals surface area contributed by atoms with Crippen LogP contribution in [0.3, 0.4) is 0 Å². The van der Waals surface area contributed by atoms with Gasteiger partial charge in [0.05, 0.1) is 7.11 Å². The molecular formula is C18H23NO. The smallest absolute Gasteiger partial charge is 0.120 e. The van der Waals surface area contributed by atoms with Crippen LogP contribution in [0.15, 0.2) is 48.5 Å². The van der Waals surface area contributed by atoms with Crippen molar-refractivity contribution in [3.8, 4) is 5.75 Å². The predicted octanol–water partition coefficient (Wildman–Crippen LogP) is 4.80. The minimum absolute atomic E-state index is 0.586. The van der Waals surface area contributed by atoms with Gasteiger partial charge in [-0.1, -0.05) is 37.6 Å². The highest BCUT2D eigenvalue weighted by Crippen LogP contribution is 2.29. The minimum Gasteiger partial charge on any atom is -0.497 e. The summed E-state index contributed by atoms with van der Waals surface area (Å²) in [7, 11) is 1.71. The number of ether oxygens (including phenoxy) is 1. The third-order valence-corrected chi connectivity index (χ3v) is 3.26. The Morgan fingerprint density at radius 2 is 1.70 bits per heavy atom. The van der Waals surface area contributed by atoms with Crippen molar-refractivity contribution in [1.82, 2.24) is 0 Å². The number of anilines is 2. The van der Waals surface area contributed by atoms with Gasteiger partial charge in [-0.3, -0.25) is 0 Å². The number of rotatable bonds is 5. The second-order valence-corrected chi connectivity index (χ2v) is 5.54. The van der Waals surface area contributed by atoms with E-state index in [2.05, 4.69) is 62.1 Å². The first kappa shape index (κ1) is 14.4. The second-order valence-electron chi connectivity index (χ2n) is 5.54. The van der Waals surface area contributed by atoms with Crippen molar-refractivity contribution in [1.29, 1.82) is 0 Å². The zero-order chi connectivity index (χ0) is 14.5. The van der Waals surface area contributed by atoms with Gasteiger partial charge in [-0.15, -0.1) is 0 Å². The summed E-state index contributed by atoms with van der Waals surface area (Å²) in [5.74, 6) is 1.48. The molecule has 0 aliphatic rings. The van der Waals surface area contributed by atoms with Crippen molar-refractivity contribution >= 4 is 11.4 Å². The normalized spacial score (nSPS) is 10.7. The average molecular weight is 269 g/mol. The van der Waals surface area contributed by atoms with E-state index >= 15 is 0 Å². The Hall–Kier alpha value is -1.96. The van der Waals surface area contributed by atoms with Crippen molar-refractivity contribution in [3.63, 3.8) is 0 Å². The van der Waals surface area contributed by atoms with Gasteiger partial charge in [0.25, 0.3) is 0 Å². The highest BCUT2D eigenvalue weighted by atomic mass is 16.5. The first-order chi connectivity index (χ1) is 9.60. The predicted molar refractivity (Wildman–Crippen MR) is 86.0 cm³/mol. The summed E-state index contributed by atoms with van der Waals surface area (Å²) in [5.41, 5.74) is 3.67. The number of aryl methyl sites for hydroxylation is 1. The molecule has 0 radical (unpaired) electrons. The lowest BCUT2D eigenvalue weighted by molar-refractivity contribution is 0.415. The Labute approximate surface area is 122 Å². The SMILES string of the molecule is COc1cccc(N(CC(C)C)c2ccc(C)cc2)c1. The standard InChI is InChI=1S/C18H23NO/c1-14(2)13-19(16-10-8-15(3)9-11-16)17-6-5-7-18(12-17)20-4/h5-12,14H,13H2,1-4H3.